The Bertz CT molecular complexity index is 2580. The van der Waals surface area contributed by atoms with Crippen LogP contribution in [0.25, 0.3) is 21.3 Å². The topological polar surface area (TPSA) is 163 Å². The van der Waals surface area contributed by atoms with Crippen LogP contribution >= 0.6 is 11.3 Å². The minimum atomic E-state index is -3.82. The first kappa shape index (κ1) is 35.0. The Morgan fingerprint density at radius 2 is 1.62 bits per heavy atom. The lowest BCUT2D eigenvalue weighted by molar-refractivity contribution is -0.111. The molecule has 7 aromatic rings. The Balaban J connectivity index is 1.04. The molecule has 0 saturated heterocycles. The van der Waals surface area contributed by atoms with E-state index in [-0.39, 0.29) is 16.7 Å². The zero-order chi connectivity index (χ0) is 37.0. The Kier molecular flexibility index (Phi) is 9.94. The highest BCUT2D eigenvalue weighted by Gasteiger charge is 2.20. The molecular weight excluding hydrogens is 711 g/mol. The number of rotatable bonds is 12. The minimum absolute atomic E-state index is 0.174. The van der Waals surface area contributed by atoms with Gasteiger partial charge in [0.1, 0.15) is 0 Å². The highest BCUT2D eigenvalue weighted by Crippen LogP contribution is 2.32. The van der Waals surface area contributed by atoms with Gasteiger partial charge < -0.3 is 26.2 Å². The van der Waals surface area contributed by atoms with Crippen LogP contribution in [0.2, 0.25) is 0 Å². The summed E-state index contributed by atoms with van der Waals surface area (Å²) in [6, 6.07) is 27.4. The maximum Gasteiger partial charge on any atom is 0.269 e. The highest BCUT2D eigenvalue weighted by atomic mass is 32.2. The zero-order valence-corrected chi connectivity index (χ0v) is 30.2. The maximum absolute atomic E-state index is 13.3. The van der Waals surface area contributed by atoms with Gasteiger partial charge in [0.15, 0.2) is 11.5 Å². The predicted octanol–water partition coefficient (Wildman–Crippen LogP) is 7.07. The second-order valence-corrected chi connectivity index (χ2v) is 14.8. The summed E-state index contributed by atoms with van der Waals surface area (Å²) in [7, 11) is 0.0192. The molecule has 0 unspecified atom stereocenters. The predicted molar refractivity (Wildman–Crippen MR) is 210 cm³/mol. The summed E-state index contributed by atoms with van der Waals surface area (Å²) < 4.78 is 28.5. The number of carbonyl (C=O) groups excluding carboxylic acids is 2. The van der Waals surface area contributed by atoms with E-state index >= 15 is 0 Å². The standard InChI is InChI=1S/C38H33N9O4S2/c1-46(2)19-7-12-33(48)40-27-15-13-25(14-16-27)37(49)42-28-8-6-9-29(23-28)43-38-44-32-18-21-52-34(32)35(45-38)41-30-22-26-17-20-47(36(26)39-24-30)53(50,51)31-10-4-3-5-11-31/h3-18,20-24H,19H2,1-2H3,(H,40,48)(H,42,49)(H2,41,43,44,45)/b12-7+. The molecule has 3 aromatic carbocycles. The number of hydrogen-bond acceptors (Lipinski definition) is 11. The van der Waals surface area contributed by atoms with Crippen molar-refractivity contribution in [1.29, 1.82) is 0 Å². The molecule has 0 radical (unpaired) electrons. The van der Waals surface area contributed by atoms with E-state index < -0.39 is 10.0 Å². The molecule has 266 valence electrons. The third-order valence-electron chi connectivity index (χ3n) is 7.89. The van der Waals surface area contributed by atoms with Gasteiger partial charge in [-0.1, -0.05) is 30.3 Å². The van der Waals surface area contributed by atoms with Gasteiger partial charge in [-0.25, -0.2) is 22.4 Å². The van der Waals surface area contributed by atoms with E-state index in [1.807, 2.05) is 42.6 Å². The normalized spacial score (nSPS) is 11.7. The fraction of sp³-hybridized carbons (Fsp3) is 0.0789. The van der Waals surface area contributed by atoms with Crippen molar-refractivity contribution in [2.24, 2.45) is 0 Å². The Morgan fingerprint density at radius 1 is 0.830 bits per heavy atom. The number of anilines is 6. The van der Waals surface area contributed by atoms with Crippen LogP contribution in [0.4, 0.5) is 34.5 Å². The molecule has 13 nitrogen and oxygen atoms in total. The first-order valence-corrected chi connectivity index (χ1v) is 18.7. The molecule has 53 heavy (non-hydrogen) atoms. The van der Waals surface area contributed by atoms with E-state index in [1.54, 1.807) is 91.1 Å². The summed E-state index contributed by atoms with van der Waals surface area (Å²) in [5.41, 5.74) is 3.85. The molecule has 0 atom stereocenters. The number of carbonyl (C=O) groups is 2. The van der Waals surface area contributed by atoms with Crippen molar-refractivity contribution in [2.75, 3.05) is 41.9 Å². The summed E-state index contributed by atoms with van der Waals surface area (Å²) in [6.07, 6.45) is 6.31. The molecule has 0 saturated carbocycles. The Hall–Kier alpha value is -6.42. The van der Waals surface area contributed by atoms with E-state index in [2.05, 4.69) is 31.2 Å². The van der Waals surface area contributed by atoms with E-state index in [1.165, 1.54) is 27.6 Å². The van der Waals surface area contributed by atoms with E-state index in [0.717, 1.165) is 10.2 Å². The molecule has 7 rings (SSSR count). The van der Waals surface area contributed by atoms with E-state index in [4.69, 9.17) is 4.98 Å². The van der Waals surface area contributed by atoms with Crippen molar-refractivity contribution in [3.63, 3.8) is 0 Å². The van der Waals surface area contributed by atoms with Crippen LogP contribution < -0.4 is 21.3 Å². The number of hydrogen-bond donors (Lipinski definition) is 4. The highest BCUT2D eigenvalue weighted by molar-refractivity contribution is 7.90. The average Bonchev–Trinajstić information content (AvgIpc) is 3.80. The summed E-state index contributed by atoms with van der Waals surface area (Å²) in [5, 5.41) is 14.8. The fourth-order valence-electron chi connectivity index (χ4n) is 5.38. The largest absolute Gasteiger partial charge is 0.338 e. The molecular formula is C38H33N9O4S2. The Labute approximate surface area is 309 Å². The van der Waals surface area contributed by atoms with Crippen LogP contribution in [0.3, 0.4) is 0 Å². The molecule has 4 N–H and O–H groups in total. The Morgan fingerprint density at radius 3 is 2.42 bits per heavy atom. The van der Waals surface area contributed by atoms with Gasteiger partial charge in [-0.2, -0.15) is 4.98 Å². The number of pyridine rings is 1. The van der Waals surface area contributed by atoms with Crippen molar-refractivity contribution in [2.45, 2.75) is 4.90 Å². The third kappa shape index (κ3) is 8.07. The molecule has 0 aliphatic heterocycles. The van der Waals surface area contributed by atoms with Crippen LogP contribution in [0.1, 0.15) is 10.4 Å². The average molecular weight is 744 g/mol. The van der Waals surface area contributed by atoms with Crippen LogP contribution in [-0.2, 0) is 14.8 Å². The van der Waals surface area contributed by atoms with Gasteiger partial charge in [0, 0.05) is 46.8 Å². The molecule has 4 aromatic heterocycles. The van der Waals surface area contributed by atoms with Gasteiger partial charge in [0.05, 0.1) is 27.0 Å². The number of benzene rings is 3. The minimum Gasteiger partial charge on any atom is -0.338 e. The van der Waals surface area contributed by atoms with Crippen LogP contribution in [-0.4, -0.2) is 64.7 Å². The molecule has 4 heterocycles. The van der Waals surface area contributed by atoms with Crippen molar-refractivity contribution in [3.8, 4) is 0 Å². The number of fused-ring (bicyclic) bond motifs is 2. The van der Waals surface area contributed by atoms with Crippen LogP contribution in [0, 0.1) is 0 Å². The zero-order valence-electron chi connectivity index (χ0n) is 28.5. The van der Waals surface area contributed by atoms with Gasteiger partial charge in [0.2, 0.25) is 11.9 Å². The number of aromatic nitrogens is 4. The van der Waals surface area contributed by atoms with Crippen molar-refractivity contribution >= 4 is 88.9 Å². The SMILES string of the molecule is CN(C)C/C=C/C(=O)Nc1ccc(C(=O)Nc2cccc(Nc3nc(Nc4cnc5c(ccn5S(=O)(=O)c5ccccc5)c4)c4sccc4n3)c2)cc1. The summed E-state index contributed by atoms with van der Waals surface area (Å²) in [6.45, 7) is 0.651. The monoisotopic (exact) mass is 743 g/mol. The molecule has 2 amide bonds. The summed E-state index contributed by atoms with van der Waals surface area (Å²) in [4.78, 5) is 41.2. The molecule has 0 spiro atoms. The third-order valence-corrected chi connectivity index (χ3v) is 10.5. The smallest absolute Gasteiger partial charge is 0.269 e. The molecule has 0 fully saturated rings. The summed E-state index contributed by atoms with van der Waals surface area (Å²) >= 11 is 1.48. The second-order valence-electron chi connectivity index (χ2n) is 12.1. The lowest BCUT2D eigenvalue weighted by Crippen LogP contribution is -2.13. The van der Waals surface area contributed by atoms with Gasteiger partial charge in [0.25, 0.3) is 15.9 Å². The van der Waals surface area contributed by atoms with Gasteiger partial charge in [-0.05, 0) is 92.3 Å². The van der Waals surface area contributed by atoms with Gasteiger partial charge in [-0.15, -0.1) is 11.3 Å². The quantitative estimate of drug-likeness (QED) is 0.0952. The van der Waals surface area contributed by atoms with E-state index in [9.17, 15) is 18.0 Å². The van der Waals surface area contributed by atoms with Crippen molar-refractivity contribution < 1.29 is 18.0 Å². The first-order chi connectivity index (χ1) is 25.6. The number of nitrogens with one attached hydrogen (secondary N) is 4. The van der Waals surface area contributed by atoms with Crippen LogP contribution in [0.5, 0.6) is 0 Å². The van der Waals surface area contributed by atoms with Crippen molar-refractivity contribution in [3.05, 3.63) is 133 Å². The maximum atomic E-state index is 13.3. The molecule has 0 aliphatic carbocycles. The van der Waals surface area contributed by atoms with Crippen molar-refractivity contribution in [1.82, 2.24) is 23.8 Å². The van der Waals surface area contributed by atoms with Gasteiger partial charge in [-0.3, -0.25) is 9.59 Å². The first-order valence-electron chi connectivity index (χ1n) is 16.3. The molecule has 0 aliphatic rings. The molecule has 0 bridgehead atoms. The second kappa shape index (κ2) is 15.1. The van der Waals surface area contributed by atoms with E-state index in [0.29, 0.717) is 57.7 Å². The number of amides is 2. The lowest BCUT2D eigenvalue weighted by atomic mass is 10.2. The molecule has 15 heteroatoms. The van der Waals surface area contributed by atoms with Gasteiger partial charge >= 0.3 is 0 Å². The number of nitrogens with zero attached hydrogens (tertiary/aromatic N) is 5. The van der Waals surface area contributed by atoms with Crippen LogP contribution in [0.15, 0.2) is 132 Å². The summed E-state index contributed by atoms with van der Waals surface area (Å²) in [5.74, 6) is 0.303. The number of thiophene rings is 1. The number of likely N-dealkylation sites (N-methyl/N-ethyl adjacent to an activating group) is 1. The fourth-order valence-corrected chi connectivity index (χ4v) is 7.48. The lowest BCUT2D eigenvalue weighted by Gasteiger charge is -2.12.